The molecule has 0 radical (unpaired) electrons. The fourth-order valence-corrected chi connectivity index (χ4v) is 3.47. The van der Waals surface area contributed by atoms with Crippen molar-refractivity contribution < 1.29 is 19.0 Å². The number of benzene rings is 1. The molecule has 0 N–H and O–H groups in total. The Morgan fingerprint density at radius 2 is 1.85 bits per heavy atom. The SMILES string of the molecule is CCOC(=O)C(C)N(C#N)c1ccc(N2CCC(C(OC)OC)CC2)cc1. The fraction of sp³-hybridized carbons (Fsp3) is 0.600. The van der Waals surface area contributed by atoms with Gasteiger partial charge in [-0.1, -0.05) is 0 Å². The molecule has 1 aromatic carbocycles. The molecule has 27 heavy (non-hydrogen) atoms. The van der Waals surface area contributed by atoms with Crippen LogP contribution in [-0.2, 0) is 19.0 Å². The molecule has 1 aromatic rings. The minimum Gasteiger partial charge on any atom is -0.464 e. The molecule has 1 heterocycles. The van der Waals surface area contributed by atoms with E-state index in [2.05, 4.69) is 11.1 Å². The van der Waals surface area contributed by atoms with E-state index in [0.717, 1.165) is 31.6 Å². The molecular formula is C20H29N3O4. The second-order valence-electron chi connectivity index (χ2n) is 6.58. The molecule has 1 saturated heterocycles. The van der Waals surface area contributed by atoms with Crippen LogP contribution in [0.25, 0.3) is 0 Å². The average Bonchev–Trinajstić information content (AvgIpc) is 2.70. The van der Waals surface area contributed by atoms with Gasteiger partial charge in [0.25, 0.3) is 0 Å². The second kappa shape index (κ2) is 10.1. The quantitative estimate of drug-likeness (QED) is 0.299. The maximum atomic E-state index is 11.9. The first-order valence-corrected chi connectivity index (χ1v) is 9.31. The van der Waals surface area contributed by atoms with E-state index in [0.29, 0.717) is 18.2 Å². The van der Waals surface area contributed by atoms with Crippen LogP contribution in [0.4, 0.5) is 11.4 Å². The Bertz CT molecular complexity index is 632. The third kappa shape index (κ3) is 5.12. The third-order valence-corrected chi connectivity index (χ3v) is 5.00. The van der Waals surface area contributed by atoms with Gasteiger partial charge in [0.1, 0.15) is 6.04 Å². The van der Waals surface area contributed by atoms with E-state index in [4.69, 9.17) is 14.2 Å². The molecule has 1 fully saturated rings. The Morgan fingerprint density at radius 1 is 1.26 bits per heavy atom. The van der Waals surface area contributed by atoms with Crippen LogP contribution >= 0.6 is 0 Å². The molecule has 7 heteroatoms. The topological polar surface area (TPSA) is 75.0 Å². The summed E-state index contributed by atoms with van der Waals surface area (Å²) >= 11 is 0. The van der Waals surface area contributed by atoms with Crippen LogP contribution in [0, 0.1) is 17.4 Å². The fourth-order valence-electron chi connectivity index (χ4n) is 3.47. The maximum absolute atomic E-state index is 11.9. The van der Waals surface area contributed by atoms with E-state index < -0.39 is 12.0 Å². The standard InChI is InChI=1S/C20H29N3O4/c1-5-27-19(24)15(2)23(14-21)18-8-6-17(7-9-18)22-12-10-16(11-13-22)20(25-3)26-4/h6-9,15-16,20H,5,10-13H2,1-4H3. The lowest BCUT2D eigenvalue weighted by atomic mass is 9.95. The molecule has 1 atom stereocenters. The van der Waals surface area contributed by atoms with Gasteiger partial charge in [-0.05, 0) is 51.0 Å². The second-order valence-corrected chi connectivity index (χ2v) is 6.58. The summed E-state index contributed by atoms with van der Waals surface area (Å²) in [6.07, 6.45) is 3.93. The first-order chi connectivity index (χ1) is 13.0. The molecule has 0 spiro atoms. The van der Waals surface area contributed by atoms with E-state index >= 15 is 0 Å². The number of esters is 1. The largest absolute Gasteiger partial charge is 0.464 e. The van der Waals surface area contributed by atoms with Crippen LogP contribution in [0.15, 0.2) is 24.3 Å². The monoisotopic (exact) mass is 375 g/mol. The van der Waals surface area contributed by atoms with E-state index in [1.165, 1.54) is 4.90 Å². The van der Waals surface area contributed by atoms with Crippen LogP contribution in [0.2, 0.25) is 0 Å². The Hall–Kier alpha value is -2.30. The van der Waals surface area contributed by atoms with Crippen molar-refractivity contribution in [1.82, 2.24) is 0 Å². The molecule has 0 saturated carbocycles. The molecule has 0 aliphatic carbocycles. The summed E-state index contributed by atoms with van der Waals surface area (Å²) in [6.45, 7) is 5.57. The van der Waals surface area contributed by atoms with Gasteiger partial charge in [0.2, 0.25) is 0 Å². The number of methoxy groups -OCH3 is 2. The number of carbonyl (C=O) groups is 1. The summed E-state index contributed by atoms with van der Waals surface area (Å²) in [7, 11) is 3.36. The normalized spacial score (nSPS) is 16.1. The zero-order valence-corrected chi connectivity index (χ0v) is 16.6. The highest BCUT2D eigenvalue weighted by molar-refractivity contribution is 5.81. The summed E-state index contributed by atoms with van der Waals surface area (Å²) in [5, 5.41) is 9.45. The lowest BCUT2D eigenvalue weighted by molar-refractivity contribution is -0.144. The summed E-state index contributed by atoms with van der Waals surface area (Å²) in [4.78, 5) is 15.6. The van der Waals surface area contributed by atoms with Crippen molar-refractivity contribution in [2.24, 2.45) is 5.92 Å². The van der Waals surface area contributed by atoms with Crippen molar-refractivity contribution in [3.63, 3.8) is 0 Å². The number of carbonyl (C=O) groups excluding carboxylic acids is 1. The molecule has 1 aliphatic heterocycles. The first-order valence-electron chi connectivity index (χ1n) is 9.31. The highest BCUT2D eigenvalue weighted by Gasteiger charge is 2.27. The molecule has 148 valence electrons. The number of nitrogens with zero attached hydrogens (tertiary/aromatic N) is 3. The van der Waals surface area contributed by atoms with Crippen molar-refractivity contribution in [3.05, 3.63) is 24.3 Å². The third-order valence-electron chi connectivity index (χ3n) is 5.00. The molecule has 0 amide bonds. The predicted molar refractivity (Wildman–Crippen MR) is 103 cm³/mol. The minimum atomic E-state index is -0.656. The number of rotatable bonds is 8. The van der Waals surface area contributed by atoms with Gasteiger partial charge in [-0.2, -0.15) is 5.26 Å². The van der Waals surface area contributed by atoms with Crippen LogP contribution in [0.1, 0.15) is 26.7 Å². The molecule has 0 bridgehead atoms. The van der Waals surface area contributed by atoms with E-state index in [-0.39, 0.29) is 6.29 Å². The molecule has 0 aromatic heterocycles. The van der Waals surface area contributed by atoms with Crippen LogP contribution < -0.4 is 9.80 Å². The van der Waals surface area contributed by atoms with Crippen molar-refractivity contribution in [1.29, 1.82) is 5.26 Å². The van der Waals surface area contributed by atoms with Gasteiger partial charge < -0.3 is 19.1 Å². The van der Waals surface area contributed by atoms with Gasteiger partial charge in [-0.25, -0.2) is 4.79 Å². The van der Waals surface area contributed by atoms with Crippen LogP contribution in [0.3, 0.4) is 0 Å². The van der Waals surface area contributed by atoms with Crippen molar-refractivity contribution in [3.8, 4) is 6.19 Å². The summed E-state index contributed by atoms with van der Waals surface area (Å²) < 4.78 is 15.8. The Morgan fingerprint density at radius 3 is 2.33 bits per heavy atom. The number of hydrogen-bond acceptors (Lipinski definition) is 7. The molecular weight excluding hydrogens is 346 g/mol. The lowest BCUT2D eigenvalue weighted by Gasteiger charge is -2.36. The molecule has 2 rings (SSSR count). The van der Waals surface area contributed by atoms with Gasteiger partial charge in [-0.15, -0.1) is 0 Å². The Kier molecular flexibility index (Phi) is 7.89. The Labute approximate surface area is 161 Å². The average molecular weight is 375 g/mol. The number of anilines is 2. The number of hydrogen-bond donors (Lipinski definition) is 0. The molecule has 1 aliphatic rings. The zero-order valence-electron chi connectivity index (χ0n) is 16.6. The van der Waals surface area contributed by atoms with Gasteiger partial charge in [0, 0.05) is 38.9 Å². The first kappa shape index (κ1) is 21.0. The lowest BCUT2D eigenvalue weighted by Crippen LogP contribution is -2.39. The maximum Gasteiger partial charge on any atom is 0.329 e. The van der Waals surface area contributed by atoms with Crippen LogP contribution in [0.5, 0.6) is 0 Å². The number of nitriles is 1. The van der Waals surface area contributed by atoms with Gasteiger partial charge in [0.15, 0.2) is 12.5 Å². The summed E-state index contributed by atoms with van der Waals surface area (Å²) in [5.41, 5.74) is 1.78. The van der Waals surface area contributed by atoms with Crippen molar-refractivity contribution in [2.45, 2.75) is 39.0 Å². The summed E-state index contributed by atoms with van der Waals surface area (Å²) in [6, 6.07) is 7.06. The van der Waals surface area contributed by atoms with E-state index in [1.807, 2.05) is 24.3 Å². The van der Waals surface area contributed by atoms with Crippen LogP contribution in [-0.4, -0.2) is 52.2 Å². The van der Waals surface area contributed by atoms with Gasteiger partial charge in [0.05, 0.1) is 12.3 Å². The summed E-state index contributed by atoms with van der Waals surface area (Å²) in [5.74, 6) is -0.00827. The van der Waals surface area contributed by atoms with Crippen molar-refractivity contribution >= 4 is 17.3 Å². The van der Waals surface area contributed by atoms with Gasteiger partial charge in [-0.3, -0.25) is 4.90 Å². The smallest absolute Gasteiger partial charge is 0.329 e. The number of piperidine rings is 1. The van der Waals surface area contributed by atoms with Gasteiger partial charge >= 0.3 is 5.97 Å². The number of ether oxygens (including phenoxy) is 3. The van der Waals surface area contributed by atoms with E-state index in [9.17, 15) is 10.1 Å². The Balaban J connectivity index is 2.01. The zero-order chi connectivity index (χ0) is 19.8. The minimum absolute atomic E-state index is 0.150. The highest BCUT2D eigenvalue weighted by atomic mass is 16.7. The van der Waals surface area contributed by atoms with E-state index in [1.54, 1.807) is 28.1 Å². The highest BCUT2D eigenvalue weighted by Crippen LogP contribution is 2.28. The van der Waals surface area contributed by atoms with Crippen molar-refractivity contribution in [2.75, 3.05) is 43.7 Å². The molecule has 1 unspecified atom stereocenters. The molecule has 7 nitrogen and oxygen atoms in total. The predicted octanol–water partition coefficient (Wildman–Crippen LogP) is 2.76.